The molecule has 0 radical (unpaired) electrons. The summed E-state index contributed by atoms with van der Waals surface area (Å²) in [6, 6.07) is 5.70. The van der Waals surface area contributed by atoms with Crippen LogP contribution in [0.1, 0.15) is 31.0 Å². The first kappa shape index (κ1) is 16.9. The second-order valence-corrected chi connectivity index (χ2v) is 5.16. The van der Waals surface area contributed by atoms with Gasteiger partial charge in [-0.2, -0.15) is 4.98 Å². The summed E-state index contributed by atoms with van der Waals surface area (Å²) in [7, 11) is 0. The molecule has 0 aromatic carbocycles. The molecule has 0 saturated carbocycles. The van der Waals surface area contributed by atoms with Gasteiger partial charge in [0, 0.05) is 19.2 Å². The molecule has 2 aromatic rings. The average Bonchev–Trinajstić information content (AvgIpc) is 2.94. The van der Waals surface area contributed by atoms with Gasteiger partial charge in [-0.15, -0.1) is 0 Å². The van der Waals surface area contributed by atoms with Crippen LogP contribution < -0.4 is 5.32 Å². The van der Waals surface area contributed by atoms with E-state index < -0.39 is 12.1 Å². The number of aliphatic carboxylic acids is 1. The highest BCUT2D eigenvalue weighted by molar-refractivity contribution is 5.67. The molecule has 0 aliphatic rings. The third-order valence-electron chi connectivity index (χ3n) is 3.13. The fourth-order valence-corrected chi connectivity index (χ4v) is 2.04. The van der Waals surface area contributed by atoms with E-state index in [1.165, 1.54) is 0 Å². The number of pyridine rings is 1. The molecule has 1 unspecified atom stereocenters. The smallest absolute Gasteiger partial charge is 0.305 e. The molecule has 8 nitrogen and oxygen atoms in total. The van der Waals surface area contributed by atoms with Crippen LogP contribution >= 0.6 is 0 Å². The van der Waals surface area contributed by atoms with Crippen LogP contribution in [0.25, 0.3) is 0 Å². The molecule has 2 heterocycles. The number of carbonyl (C=O) groups is 1. The maximum Gasteiger partial charge on any atom is 0.305 e. The quantitative estimate of drug-likeness (QED) is 0.560. The normalized spacial score (nSPS) is 12.0. The minimum atomic E-state index is -1.06. The molecular formula is C15H20N4O4. The number of nitrogens with one attached hydrogen (secondary N) is 1. The second-order valence-electron chi connectivity index (χ2n) is 5.16. The lowest BCUT2D eigenvalue weighted by Gasteiger charge is -2.03. The van der Waals surface area contributed by atoms with Crippen LogP contribution in [-0.4, -0.2) is 44.0 Å². The molecule has 124 valence electrons. The van der Waals surface area contributed by atoms with Crippen molar-refractivity contribution in [2.24, 2.45) is 0 Å². The second kappa shape index (κ2) is 8.84. The van der Waals surface area contributed by atoms with E-state index >= 15 is 0 Å². The van der Waals surface area contributed by atoms with Gasteiger partial charge in [-0.3, -0.25) is 4.79 Å². The Bertz CT molecular complexity index is 603. The van der Waals surface area contributed by atoms with Gasteiger partial charge in [0.2, 0.25) is 5.89 Å². The van der Waals surface area contributed by atoms with E-state index in [0.29, 0.717) is 12.2 Å². The molecule has 23 heavy (non-hydrogen) atoms. The molecule has 1 atom stereocenters. The Labute approximate surface area is 133 Å². The fourth-order valence-electron chi connectivity index (χ4n) is 2.04. The van der Waals surface area contributed by atoms with Crippen molar-refractivity contribution in [2.45, 2.75) is 38.2 Å². The monoisotopic (exact) mass is 320 g/mol. The van der Waals surface area contributed by atoms with Crippen LogP contribution in [0.3, 0.4) is 0 Å². The number of aliphatic hydroxyl groups is 1. The van der Waals surface area contributed by atoms with Crippen molar-refractivity contribution < 1.29 is 19.5 Å². The minimum Gasteiger partial charge on any atom is -0.481 e. The molecule has 3 N–H and O–H groups in total. The number of carboxylic acid groups (broad SMARTS) is 1. The largest absolute Gasteiger partial charge is 0.481 e. The summed E-state index contributed by atoms with van der Waals surface area (Å²) in [4.78, 5) is 18.8. The van der Waals surface area contributed by atoms with Crippen LogP contribution in [-0.2, 0) is 17.6 Å². The maximum absolute atomic E-state index is 10.5. The molecule has 0 aliphatic heterocycles. The Kier molecular flexibility index (Phi) is 6.49. The van der Waals surface area contributed by atoms with Gasteiger partial charge in [0.25, 0.3) is 0 Å². The molecule has 8 heteroatoms. The Hall–Kier alpha value is -2.48. The standard InChI is InChI=1S/C15H20N4O4/c20-11(10-15(21)22)9-14-18-13(19-23-14)6-2-4-8-17-12-5-1-3-7-16-12/h1,3,5,7,11,20H,2,4,6,8-10H2,(H,16,17)(H,21,22). The zero-order valence-electron chi connectivity index (χ0n) is 12.7. The molecule has 0 aliphatic carbocycles. The number of aromatic nitrogens is 3. The van der Waals surface area contributed by atoms with Crippen LogP contribution in [0.15, 0.2) is 28.9 Å². The molecule has 0 bridgehead atoms. The highest BCUT2D eigenvalue weighted by atomic mass is 16.5. The first-order valence-electron chi connectivity index (χ1n) is 7.49. The SMILES string of the molecule is O=C(O)CC(O)Cc1nc(CCCCNc2ccccn2)no1. The highest BCUT2D eigenvalue weighted by Gasteiger charge is 2.15. The summed E-state index contributed by atoms with van der Waals surface area (Å²) >= 11 is 0. The van der Waals surface area contributed by atoms with Gasteiger partial charge in [-0.05, 0) is 25.0 Å². The van der Waals surface area contributed by atoms with Gasteiger partial charge < -0.3 is 20.1 Å². The summed E-state index contributed by atoms with van der Waals surface area (Å²) in [6.07, 6.45) is 2.93. The number of hydrogen-bond donors (Lipinski definition) is 3. The van der Waals surface area contributed by atoms with Gasteiger partial charge in [-0.25, -0.2) is 4.98 Å². The van der Waals surface area contributed by atoms with Gasteiger partial charge in [0.15, 0.2) is 5.82 Å². The number of aryl methyl sites for hydroxylation is 1. The predicted octanol–water partition coefficient (Wildman–Crippen LogP) is 1.28. The fraction of sp³-hybridized carbons (Fsp3) is 0.467. The number of rotatable bonds is 10. The zero-order chi connectivity index (χ0) is 16.5. The van der Waals surface area contributed by atoms with E-state index in [-0.39, 0.29) is 18.7 Å². The summed E-state index contributed by atoms with van der Waals surface area (Å²) in [5.74, 6) is 0.625. The summed E-state index contributed by atoms with van der Waals surface area (Å²) in [5, 5.41) is 25.1. The third kappa shape index (κ3) is 6.43. The maximum atomic E-state index is 10.5. The molecule has 0 spiro atoms. The van der Waals surface area contributed by atoms with Crippen molar-refractivity contribution >= 4 is 11.8 Å². The Morgan fingerprint density at radius 1 is 1.35 bits per heavy atom. The number of hydrogen-bond acceptors (Lipinski definition) is 7. The average molecular weight is 320 g/mol. The third-order valence-corrected chi connectivity index (χ3v) is 3.13. The number of carboxylic acids is 1. The predicted molar refractivity (Wildman–Crippen MR) is 81.9 cm³/mol. The lowest BCUT2D eigenvalue weighted by Crippen LogP contribution is -2.15. The van der Waals surface area contributed by atoms with E-state index in [1.54, 1.807) is 6.20 Å². The molecule has 0 fully saturated rings. The molecule has 0 amide bonds. The molecule has 2 aromatic heterocycles. The summed E-state index contributed by atoms with van der Waals surface area (Å²) in [5.41, 5.74) is 0. The van der Waals surface area contributed by atoms with Gasteiger partial charge in [0.05, 0.1) is 18.9 Å². The molecule has 2 rings (SSSR count). The van der Waals surface area contributed by atoms with Crippen molar-refractivity contribution in [1.82, 2.24) is 15.1 Å². The van der Waals surface area contributed by atoms with Crippen molar-refractivity contribution in [1.29, 1.82) is 0 Å². The zero-order valence-corrected chi connectivity index (χ0v) is 12.7. The Morgan fingerprint density at radius 2 is 2.22 bits per heavy atom. The van der Waals surface area contributed by atoms with Crippen molar-refractivity contribution in [3.8, 4) is 0 Å². The first-order valence-corrected chi connectivity index (χ1v) is 7.49. The van der Waals surface area contributed by atoms with Gasteiger partial charge in [0.1, 0.15) is 5.82 Å². The first-order chi connectivity index (χ1) is 11.1. The topological polar surface area (TPSA) is 121 Å². The van der Waals surface area contributed by atoms with E-state index in [4.69, 9.17) is 9.63 Å². The summed E-state index contributed by atoms with van der Waals surface area (Å²) < 4.78 is 5.00. The van der Waals surface area contributed by atoms with Gasteiger partial charge in [-0.1, -0.05) is 11.2 Å². The summed E-state index contributed by atoms with van der Waals surface area (Å²) in [6.45, 7) is 0.805. The lowest BCUT2D eigenvalue weighted by atomic mass is 10.2. The lowest BCUT2D eigenvalue weighted by molar-refractivity contribution is -0.139. The highest BCUT2D eigenvalue weighted by Crippen LogP contribution is 2.07. The minimum absolute atomic E-state index is 0.0561. The van der Waals surface area contributed by atoms with E-state index in [0.717, 1.165) is 25.2 Å². The van der Waals surface area contributed by atoms with E-state index in [1.807, 2.05) is 18.2 Å². The van der Waals surface area contributed by atoms with Crippen molar-refractivity contribution in [3.05, 3.63) is 36.1 Å². The molecular weight excluding hydrogens is 300 g/mol. The number of nitrogens with zero attached hydrogens (tertiary/aromatic N) is 3. The van der Waals surface area contributed by atoms with Crippen LogP contribution in [0.5, 0.6) is 0 Å². The molecule has 0 saturated heterocycles. The van der Waals surface area contributed by atoms with Crippen molar-refractivity contribution in [3.63, 3.8) is 0 Å². The van der Waals surface area contributed by atoms with Gasteiger partial charge >= 0.3 is 5.97 Å². The van der Waals surface area contributed by atoms with Crippen LogP contribution in [0, 0.1) is 0 Å². The van der Waals surface area contributed by atoms with Crippen molar-refractivity contribution in [2.75, 3.05) is 11.9 Å². The van der Waals surface area contributed by atoms with E-state index in [2.05, 4.69) is 20.4 Å². The van der Waals surface area contributed by atoms with Crippen LogP contribution in [0.4, 0.5) is 5.82 Å². The number of aliphatic hydroxyl groups excluding tert-OH is 1. The Balaban J connectivity index is 1.63. The van der Waals surface area contributed by atoms with Crippen LogP contribution in [0.2, 0.25) is 0 Å². The van der Waals surface area contributed by atoms with E-state index in [9.17, 15) is 9.90 Å². The Morgan fingerprint density at radius 3 is 2.96 bits per heavy atom. The number of unbranched alkanes of at least 4 members (excludes halogenated alkanes) is 1. The number of anilines is 1.